The monoisotopic (exact) mass is 297 g/mol. The molecule has 0 atom stereocenters. The molecule has 9 nitrogen and oxygen atoms in total. The van der Waals surface area contributed by atoms with Gasteiger partial charge in [0.15, 0.2) is 0 Å². The first kappa shape index (κ1) is 17.1. The highest BCUT2D eigenvalue weighted by Crippen LogP contribution is 2.26. The van der Waals surface area contributed by atoms with Gasteiger partial charge in [0.05, 0.1) is 4.92 Å². The second-order valence-electron chi connectivity index (χ2n) is 5.45. The van der Waals surface area contributed by atoms with Gasteiger partial charge in [-0.25, -0.2) is 10.8 Å². The summed E-state index contributed by atoms with van der Waals surface area (Å²) in [6, 6.07) is 0. The first-order chi connectivity index (χ1) is 9.85. The van der Waals surface area contributed by atoms with Gasteiger partial charge in [-0.1, -0.05) is 13.8 Å². The van der Waals surface area contributed by atoms with Gasteiger partial charge in [-0.3, -0.25) is 15.5 Å². The summed E-state index contributed by atoms with van der Waals surface area (Å²) in [5, 5.41) is 11.2. The quantitative estimate of drug-likeness (QED) is 0.409. The number of anilines is 2. The molecule has 1 aromatic heterocycles. The zero-order chi connectivity index (χ0) is 16.0. The van der Waals surface area contributed by atoms with Crippen molar-refractivity contribution in [3.05, 3.63) is 16.3 Å². The lowest BCUT2D eigenvalue weighted by Crippen LogP contribution is -2.35. The van der Waals surface area contributed by atoms with Crippen molar-refractivity contribution in [3.8, 4) is 0 Å². The number of nitro groups is 1. The van der Waals surface area contributed by atoms with E-state index in [1.165, 1.54) is 6.20 Å². The Morgan fingerprint density at radius 1 is 1.43 bits per heavy atom. The van der Waals surface area contributed by atoms with Crippen LogP contribution >= 0.6 is 0 Å². The van der Waals surface area contributed by atoms with Crippen LogP contribution in [0.3, 0.4) is 0 Å². The van der Waals surface area contributed by atoms with Gasteiger partial charge in [0, 0.05) is 19.6 Å². The van der Waals surface area contributed by atoms with Crippen molar-refractivity contribution in [2.45, 2.75) is 13.8 Å². The molecule has 0 aliphatic carbocycles. The minimum atomic E-state index is -0.474. The highest BCUT2D eigenvalue weighted by atomic mass is 16.6. The summed E-state index contributed by atoms with van der Waals surface area (Å²) in [6.45, 7) is 6.16. The summed E-state index contributed by atoms with van der Waals surface area (Å²) >= 11 is 0. The van der Waals surface area contributed by atoms with Crippen LogP contribution in [0.2, 0.25) is 0 Å². The molecule has 9 heteroatoms. The minimum Gasteiger partial charge on any atom is -0.349 e. The Hall–Kier alpha value is -2.00. The zero-order valence-corrected chi connectivity index (χ0v) is 12.9. The molecule has 3 N–H and O–H groups in total. The van der Waals surface area contributed by atoms with Gasteiger partial charge < -0.3 is 9.80 Å². The molecule has 1 heterocycles. The molecule has 0 radical (unpaired) electrons. The van der Waals surface area contributed by atoms with Crippen LogP contribution in [0.5, 0.6) is 0 Å². The molecule has 1 aromatic rings. The fourth-order valence-electron chi connectivity index (χ4n) is 1.84. The Morgan fingerprint density at radius 3 is 2.57 bits per heavy atom. The topological polar surface area (TPSA) is 113 Å². The molecule has 0 aliphatic heterocycles. The van der Waals surface area contributed by atoms with Gasteiger partial charge in [0.25, 0.3) is 0 Å². The number of nitrogens with one attached hydrogen (secondary N) is 1. The number of aromatic nitrogens is 2. The molecule has 0 saturated carbocycles. The van der Waals surface area contributed by atoms with E-state index in [2.05, 4.69) is 29.2 Å². The molecule has 118 valence electrons. The fraction of sp³-hybridized carbons (Fsp3) is 0.667. The standard InChI is InChI=1S/C12H23N7O2/c1-9(2)8-18(6-5-17(3)4)11-10(19(20)21)7-14-12(15-11)16-13/h7,9H,5-6,8,13H2,1-4H3,(H,14,15,16). The normalized spacial score (nSPS) is 11.0. The highest BCUT2D eigenvalue weighted by molar-refractivity contribution is 5.58. The Labute approximate surface area is 124 Å². The summed E-state index contributed by atoms with van der Waals surface area (Å²) in [7, 11) is 3.91. The van der Waals surface area contributed by atoms with E-state index < -0.39 is 4.92 Å². The molecular formula is C12H23N7O2. The lowest BCUT2D eigenvalue weighted by Gasteiger charge is -2.26. The predicted molar refractivity (Wildman–Crippen MR) is 82.1 cm³/mol. The smallest absolute Gasteiger partial charge is 0.329 e. The molecule has 0 unspecified atom stereocenters. The second kappa shape index (κ2) is 7.70. The molecule has 0 spiro atoms. The van der Waals surface area contributed by atoms with Crippen LogP contribution in [0, 0.1) is 16.0 Å². The van der Waals surface area contributed by atoms with Crippen LogP contribution in [0.15, 0.2) is 6.20 Å². The van der Waals surface area contributed by atoms with Gasteiger partial charge in [-0.15, -0.1) is 0 Å². The lowest BCUT2D eigenvalue weighted by atomic mass is 10.2. The number of hydrogen-bond acceptors (Lipinski definition) is 8. The first-order valence-corrected chi connectivity index (χ1v) is 6.72. The molecule has 0 bridgehead atoms. The molecular weight excluding hydrogens is 274 g/mol. The van der Waals surface area contributed by atoms with E-state index in [4.69, 9.17) is 5.84 Å². The zero-order valence-electron chi connectivity index (χ0n) is 12.9. The predicted octanol–water partition coefficient (Wildman–Crippen LogP) is 0.694. The number of nitrogens with zero attached hydrogens (tertiary/aromatic N) is 5. The number of nitrogens with two attached hydrogens (primary N) is 1. The van der Waals surface area contributed by atoms with Crippen molar-refractivity contribution < 1.29 is 4.92 Å². The summed E-state index contributed by atoms with van der Waals surface area (Å²) in [5.74, 6) is 6.09. The van der Waals surface area contributed by atoms with Crippen molar-refractivity contribution in [1.82, 2.24) is 14.9 Å². The van der Waals surface area contributed by atoms with Crippen molar-refractivity contribution in [3.63, 3.8) is 0 Å². The van der Waals surface area contributed by atoms with E-state index in [9.17, 15) is 10.1 Å². The fourth-order valence-corrected chi connectivity index (χ4v) is 1.84. The maximum atomic E-state index is 11.2. The molecule has 0 saturated heterocycles. The van der Waals surface area contributed by atoms with E-state index in [1.54, 1.807) is 0 Å². The average molecular weight is 297 g/mol. The Balaban J connectivity index is 3.16. The molecule has 0 amide bonds. The van der Waals surface area contributed by atoms with E-state index in [1.807, 2.05) is 23.9 Å². The summed E-state index contributed by atoms with van der Waals surface area (Å²) < 4.78 is 0. The van der Waals surface area contributed by atoms with Gasteiger partial charge in [0.1, 0.15) is 6.20 Å². The molecule has 1 rings (SSSR count). The van der Waals surface area contributed by atoms with Crippen molar-refractivity contribution >= 4 is 17.5 Å². The number of nitrogen functional groups attached to an aromatic ring is 1. The number of likely N-dealkylation sites (N-methyl/N-ethyl adjacent to an activating group) is 1. The SMILES string of the molecule is CC(C)CN(CCN(C)C)c1nc(NN)ncc1[N+](=O)[O-]. The van der Waals surface area contributed by atoms with Gasteiger partial charge >= 0.3 is 5.69 Å². The summed E-state index contributed by atoms with van der Waals surface area (Å²) in [5.41, 5.74) is 2.21. The van der Waals surface area contributed by atoms with E-state index in [0.717, 1.165) is 6.54 Å². The maximum Gasteiger partial charge on any atom is 0.329 e. The van der Waals surface area contributed by atoms with Crippen LogP contribution in [-0.2, 0) is 0 Å². The molecule has 21 heavy (non-hydrogen) atoms. The van der Waals surface area contributed by atoms with Crippen LogP contribution < -0.4 is 16.2 Å². The van der Waals surface area contributed by atoms with Crippen molar-refractivity contribution in [2.24, 2.45) is 11.8 Å². The molecule has 0 aliphatic rings. The second-order valence-corrected chi connectivity index (χ2v) is 5.45. The van der Waals surface area contributed by atoms with Gasteiger partial charge in [-0.05, 0) is 20.0 Å². The number of hydrogen-bond donors (Lipinski definition) is 2. The van der Waals surface area contributed by atoms with E-state index in [0.29, 0.717) is 24.8 Å². The average Bonchev–Trinajstić information content (AvgIpc) is 2.42. The maximum absolute atomic E-state index is 11.2. The van der Waals surface area contributed by atoms with Gasteiger partial charge in [0.2, 0.25) is 11.8 Å². The molecule has 0 fully saturated rings. The van der Waals surface area contributed by atoms with E-state index in [-0.39, 0.29) is 11.6 Å². The first-order valence-electron chi connectivity index (χ1n) is 6.72. The Bertz CT molecular complexity index is 479. The Morgan fingerprint density at radius 2 is 2.10 bits per heavy atom. The Kier molecular flexibility index (Phi) is 6.25. The van der Waals surface area contributed by atoms with Crippen molar-refractivity contribution in [1.29, 1.82) is 0 Å². The molecule has 0 aromatic carbocycles. The van der Waals surface area contributed by atoms with Crippen LogP contribution in [0.25, 0.3) is 0 Å². The summed E-state index contributed by atoms with van der Waals surface area (Å²) in [4.78, 5) is 22.6. The van der Waals surface area contributed by atoms with E-state index >= 15 is 0 Å². The number of rotatable bonds is 8. The van der Waals surface area contributed by atoms with Crippen LogP contribution in [0.1, 0.15) is 13.8 Å². The lowest BCUT2D eigenvalue weighted by molar-refractivity contribution is -0.384. The minimum absolute atomic E-state index is 0.117. The summed E-state index contributed by atoms with van der Waals surface area (Å²) in [6.07, 6.45) is 1.18. The van der Waals surface area contributed by atoms with Crippen molar-refractivity contribution in [2.75, 3.05) is 44.1 Å². The third kappa shape index (κ3) is 5.12. The highest BCUT2D eigenvalue weighted by Gasteiger charge is 2.23. The number of hydrazine groups is 1. The third-order valence-electron chi connectivity index (χ3n) is 2.78. The van der Waals surface area contributed by atoms with Crippen LogP contribution in [-0.4, -0.2) is 53.5 Å². The van der Waals surface area contributed by atoms with Gasteiger partial charge in [-0.2, -0.15) is 4.98 Å². The third-order valence-corrected chi connectivity index (χ3v) is 2.78. The van der Waals surface area contributed by atoms with Crippen LogP contribution in [0.4, 0.5) is 17.5 Å². The largest absolute Gasteiger partial charge is 0.349 e.